The van der Waals surface area contributed by atoms with Gasteiger partial charge in [-0.1, -0.05) is 0 Å². The number of benzene rings is 1. The highest BCUT2D eigenvalue weighted by atomic mass is 19.1. The first-order chi connectivity index (χ1) is 9.90. The number of hydrogen-bond acceptors (Lipinski definition) is 3. The predicted octanol–water partition coefficient (Wildman–Crippen LogP) is 1.37. The quantitative estimate of drug-likeness (QED) is 0.914. The summed E-state index contributed by atoms with van der Waals surface area (Å²) in [6.45, 7) is 5.36. The van der Waals surface area contributed by atoms with Gasteiger partial charge in [0.25, 0.3) is 5.91 Å². The summed E-state index contributed by atoms with van der Waals surface area (Å²) < 4.78 is 13.1. The van der Waals surface area contributed by atoms with Crippen LogP contribution in [0.15, 0.2) is 18.2 Å². The van der Waals surface area contributed by atoms with Gasteiger partial charge in [0.2, 0.25) is 0 Å². The molecule has 0 bridgehead atoms. The van der Waals surface area contributed by atoms with E-state index < -0.39 is 12.0 Å². The average molecular weight is 294 g/mol. The topological polar surface area (TPSA) is 60.9 Å². The Morgan fingerprint density at radius 3 is 2.38 bits per heavy atom. The van der Waals surface area contributed by atoms with Gasteiger partial charge >= 0.3 is 5.97 Å². The van der Waals surface area contributed by atoms with E-state index in [1.54, 1.807) is 18.7 Å². The molecule has 1 aromatic rings. The maximum Gasteiger partial charge on any atom is 0.320 e. The first-order valence-electron chi connectivity index (χ1n) is 6.92. The van der Waals surface area contributed by atoms with Crippen LogP contribution in [0.3, 0.4) is 0 Å². The second-order valence-corrected chi connectivity index (χ2v) is 5.30. The fourth-order valence-electron chi connectivity index (χ4n) is 2.51. The summed E-state index contributed by atoms with van der Waals surface area (Å²) in [5, 5.41) is 8.99. The zero-order chi connectivity index (χ0) is 15.6. The van der Waals surface area contributed by atoms with Gasteiger partial charge in [-0.25, -0.2) is 4.39 Å². The average Bonchev–Trinajstić information content (AvgIpc) is 2.46. The summed E-state index contributed by atoms with van der Waals surface area (Å²) in [6.07, 6.45) is 0. The van der Waals surface area contributed by atoms with Gasteiger partial charge in [-0.3, -0.25) is 14.5 Å². The van der Waals surface area contributed by atoms with Gasteiger partial charge in [-0.05, 0) is 37.6 Å². The number of nitrogens with zero attached hydrogens (tertiary/aromatic N) is 2. The molecule has 1 fully saturated rings. The van der Waals surface area contributed by atoms with E-state index in [0.29, 0.717) is 37.3 Å². The number of amides is 1. The summed E-state index contributed by atoms with van der Waals surface area (Å²) in [7, 11) is 0. The number of carboxylic acids is 1. The van der Waals surface area contributed by atoms with E-state index in [1.807, 2.05) is 4.90 Å². The standard InChI is InChI=1S/C15H19FN2O3/c1-10-9-12(16)3-4-13(10)14(19)18-7-5-17(6-8-18)11(2)15(20)21/h3-4,9,11H,5-8H2,1-2H3,(H,20,21). The molecule has 1 saturated heterocycles. The van der Waals surface area contributed by atoms with Crippen LogP contribution in [-0.2, 0) is 4.79 Å². The lowest BCUT2D eigenvalue weighted by atomic mass is 10.1. The van der Waals surface area contributed by atoms with Gasteiger partial charge in [0.05, 0.1) is 0 Å². The molecule has 6 heteroatoms. The molecule has 1 heterocycles. The summed E-state index contributed by atoms with van der Waals surface area (Å²) in [6, 6.07) is 3.58. The number of carbonyl (C=O) groups is 2. The molecular weight excluding hydrogens is 275 g/mol. The van der Waals surface area contributed by atoms with Crippen LogP contribution in [0, 0.1) is 12.7 Å². The van der Waals surface area contributed by atoms with E-state index >= 15 is 0 Å². The van der Waals surface area contributed by atoms with E-state index in [4.69, 9.17) is 5.11 Å². The van der Waals surface area contributed by atoms with Gasteiger partial charge in [0.15, 0.2) is 0 Å². The van der Waals surface area contributed by atoms with Gasteiger partial charge in [-0.15, -0.1) is 0 Å². The molecule has 0 aliphatic carbocycles. The zero-order valence-electron chi connectivity index (χ0n) is 12.2. The van der Waals surface area contributed by atoms with Crippen LogP contribution in [0.2, 0.25) is 0 Å². The summed E-state index contributed by atoms with van der Waals surface area (Å²) in [5.41, 5.74) is 1.11. The first-order valence-corrected chi connectivity index (χ1v) is 6.92. The Kier molecular flexibility index (Phi) is 4.57. The molecule has 0 aromatic heterocycles. The van der Waals surface area contributed by atoms with Crippen LogP contribution in [0.5, 0.6) is 0 Å². The molecule has 2 rings (SSSR count). The minimum absolute atomic E-state index is 0.130. The van der Waals surface area contributed by atoms with Crippen LogP contribution in [0.4, 0.5) is 4.39 Å². The largest absolute Gasteiger partial charge is 0.480 e. The van der Waals surface area contributed by atoms with Crippen LogP contribution in [0.25, 0.3) is 0 Å². The normalized spacial score (nSPS) is 17.6. The van der Waals surface area contributed by atoms with E-state index in [0.717, 1.165) is 0 Å². The summed E-state index contributed by atoms with van der Waals surface area (Å²) in [4.78, 5) is 26.9. The lowest BCUT2D eigenvalue weighted by Gasteiger charge is -2.36. The SMILES string of the molecule is Cc1cc(F)ccc1C(=O)N1CCN(C(C)C(=O)O)CC1. The third-order valence-corrected chi connectivity index (χ3v) is 3.93. The molecule has 1 aliphatic heterocycles. The maximum atomic E-state index is 13.1. The highest BCUT2D eigenvalue weighted by Crippen LogP contribution is 2.15. The van der Waals surface area contributed by atoms with Crippen LogP contribution < -0.4 is 0 Å². The van der Waals surface area contributed by atoms with Crippen LogP contribution in [-0.4, -0.2) is 59.0 Å². The Balaban J connectivity index is 2.02. The second kappa shape index (κ2) is 6.22. The van der Waals surface area contributed by atoms with E-state index in [9.17, 15) is 14.0 Å². The molecule has 1 atom stereocenters. The van der Waals surface area contributed by atoms with Gasteiger partial charge in [-0.2, -0.15) is 0 Å². The van der Waals surface area contributed by atoms with Crippen molar-refractivity contribution in [3.05, 3.63) is 35.1 Å². The molecule has 21 heavy (non-hydrogen) atoms. The van der Waals surface area contributed by atoms with Crippen molar-refractivity contribution in [3.63, 3.8) is 0 Å². The fraction of sp³-hybridized carbons (Fsp3) is 0.467. The number of aryl methyl sites for hydroxylation is 1. The summed E-state index contributed by atoms with van der Waals surface area (Å²) >= 11 is 0. The molecule has 1 N–H and O–H groups in total. The Hall–Kier alpha value is -1.95. The third-order valence-electron chi connectivity index (χ3n) is 3.93. The Bertz CT molecular complexity index is 554. The molecule has 1 aromatic carbocycles. The van der Waals surface area contributed by atoms with Crippen molar-refractivity contribution >= 4 is 11.9 Å². The third kappa shape index (κ3) is 3.39. The van der Waals surface area contributed by atoms with Crippen LogP contribution >= 0.6 is 0 Å². The summed E-state index contributed by atoms with van der Waals surface area (Å²) in [5.74, 6) is -1.34. The fourth-order valence-corrected chi connectivity index (χ4v) is 2.51. The van der Waals surface area contributed by atoms with Gasteiger partial charge in [0, 0.05) is 31.7 Å². The first kappa shape index (κ1) is 15.4. The smallest absolute Gasteiger partial charge is 0.320 e. The van der Waals surface area contributed by atoms with E-state index in [-0.39, 0.29) is 11.7 Å². The predicted molar refractivity (Wildman–Crippen MR) is 75.7 cm³/mol. The second-order valence-electron chi connectivity index (χ2n) is 5.30. The molecule has 1 unspecified atom stereocenters. The number of carbonyl (C=O) groups excluding carboxylic acids is 1. The number of halogens is 1. The minimum atomic E-state index is -0.857. The number of carboxylic acid groups (broad SMARTS) is 1. The van der Waals surface area contributed by atoms with Crippen molar-refractivity contribution in [2.75, 3.05) is 26.2 Å². The number of aliphatic carboxylic acids is 1. The molecule has 114 valence electrons. The molecule has 1 aliphatic rings. The Labute approximate surface area is 123 Å². The molecule has 0 saturated carbocycles. The monoisotopic (exact) mass is 294 g/mol. The van der Waals surface area contributed by atoms with Crippen molar-refractivity contribution < 1.29 is 19.1 Å². The van der Waals surface area contributed by atoms with E-state index in [2.05, 4.69) is 0 Å². The number of hydrogen-bond donors (Lipinski definition) is 1. The molecule has 1 amide bonds. The van der Waals surface area contributed by atoms with Crippen molar-refractivity contribution in [2.45, 2.75) is 19.9 Å². The van der Waals surface area contributed by atoms with Crippen molar-refractivity contribution in [3.8, 4) is 0 Å². The lowest BCUT2D eigenvalue weighted by Crippen LogP contribution is -2.53. The van der Waals surface area contributed by atoms with Gasteiger partial charge < -0.3 is 10.0 Å². The van der Waals surface area contributed by atoms with Gasteiger partial charge in [0.1, 0.15) is 11.9 Å². The highest BCUT2D eigenvalue weighted by molar-refractivity contribution is 5.95. The minimum Gasteiger partial charge on any atom is -0.480 e. The Morgan fingerprint density at radius 2 is 1.86 bits per heavy atom. The number of piperazine rings is 1. The molecule has 5 nitrogen and oxygen atoms in total. The van der Waals surface area contributed by atoms with E-state index in [1.165, 1.54) is 18.2 Å². The van der Waals surface area contributed by atoms with Crippen molar-refractivity contribution in [1.29, 1.82) is 0 Å². The molecule has 0 spiro atoms. The number of rotatable bonds is 3. The van der Waals surface area contributed by atoms with Crippen molar-refractivity contribution in [1.82, 2.24) is 9.80 Å². The highest BCUT2D eigenvalue weighted by Gasteiger charge is 2.28. The zero-order valence-corrected chi connectivity index (χ0v) is 12.2. The molecular formula is C15H19FN2O3. The molecule has 0 radical (unpaired) electrons. The van der Waals surface area contributed by atoms with Crippen LogP contribution in [0.1, 0.15) is 22.8 Å². The van der Waals surface area contributed by atoms with Crippen molar-refractivity contribution in [2.24, 2.45) is 0 Å². The maximum absolute atomic E-state index is 13.1. The lowest BCUT2D eigenvalue weighted by molar-refractivity contribution is -0.143. The Morgan fingerprint density at radius 1 is 1.24 bits per heavy atom.